The molecule has 98 valence electrons. The maximum Gasteiger partial charge on any atom is 0.313 e. The van der Waals surface area contributed by atoms with E-state index >= 15 is 0 Å². The Balaban J connectivity index is 2.71. The number of nitrogens with zero attached hydrogens (tertiary/aromatic N) is 3. The molecule has 2 rings (SSSR count). The highest BCUT2D eigenvalue weighted by atomic mass is 35.5. The lowest BCUT2D eigenvalue weighted by atomic mass is 10.1. The van der Waals surface area contributed by atoms with E-state index in [9.17, 15) is 10.1 Å². The number of hydrogen-bond acceptors (Lipinski definition) is 5. The molecule has 0 radical (unpaired) electrons. The fourth-order valence-corrected chi connectivity index (χ4v) is 1.89. The minimum Gasteiger partial charge on any atom is -0.357 e. The molecule has 0 fully saturated rings. The van der Waals surface area contributed by atoms with Crippen LogP contribution in [0.3, 0.4) is 0 Å². The Morgan fingerprint density at radius 2 is 2.11 bits per heavy atom. The maximum absolute atomic E-state index is 11.0. The molecule has 0 saturated carbocycles. The molecule has 0 aliphatic rings. The fraction of sp³-hybridized carbons (Fsp3) is 0.0909. The zero-order valence-corrected chi connectivity index (χ0v) is 11.2. The van der Waals surface area contributed by atoms with E-state index in [4.69, 9.17) is 23.2 Å². The van der Waals surface area contributed by atoms with Gasteiger partial charge in [-0.25, -0.2) is 9.97 Å². The van der Waals surface area contributed by atoms with Crippen LogP contribution in [0.15, 0.2) is 24.4 Å². The van der Waals surface area contributed by atoms with Crippen LogP contribution < -0.4 is 5.32 Å². The van der Waals surface area contributed by atoms with Crippen molar-refractivity contribution in [1.29, 1.82) is 0 Å². The molecule has 0 aliphatic carbocycles. The summed E-state index contributed by atoms with van der Waals surface area (Å²) in [5, 5.41) is 14.5. The van der Waals surface area contributed by atoms with Gasteiger partial charge < -0.3 is 5.32 Å². The summed E-state index contributed by atoms with van der Waals surface area (Å²) in [4.78, 5) is 18.4. The topological polar surface area (TPSA) is 81.0 Å². The molecule has 19 heavy (non-hydrogen) atoms. The average molecular weight is 299 g/mol. The highest BCUT2D eigenvalue weighted by molar-refractivity contribution is 6.35. The molecule has 0 atom stereocenters. The first-order chi connectivity index (χ1) is 9.02. The van der Waals surface area contributed by atoms with Gasteiger partial charge in [0.05, 0.1) is 9.95 Å². The lowest BCUT2D eigenvalue weighted by molar-refractivity contribution is -0.384. The van der Waals surface area contributed by atoms with Crippen LogP contribution in [0.5, 0.6) is 0 Å². The monoisotopic (exact) mass is 298 g/mol. The summed E-state index contributed by atoms with van der Waals surface area (Å²) in [5.74, 6) is 0.261. The van der Waals surface area contributed by atoms with Crippen LogP contribution in [0.1, 0.15) is 0 Å². The predicted octanol–water partition coefficient (Wildman–Crippen LogP) is 3.40. The van der Waals surface area contributed by atoms with E-state index < -0.39 is 4.92 Å². The van der Waals surface area contributed by atoms with Crippen molar-refractivity contribution in [1.82, 2.24) is 9.97 Å². The second kappa shape index (κ2) is 5.38. The van der Waals surface area contributed by atoms with E-state index in [0.29, 0.717) is 15.6 Å². The number of benzene rings is 1. The molecule has 1 aromatic heterocycles. The van der Waals surface area contributed by atoms with Crippen LogP contribution in [0.4, 0.5) is 11.6 Å². The molecule has 0 unspecified atom stereocenters. The Labute approximate surface area is 118 Å². The number of anilines is 1. The standard InChI is InChI=1S/C11H8Cl2N4O2/c1-14-11-15-5-9(17(18)19)10(16-11)7-4-6(12)2-3-8(7)13/h2-5H,1H3,(H,14,15,16). The van der Waals surface area contributed by atoms with Gasteiger partial charge in [0.25, 0.3) is 0 Å². The van der Waals surface area contributed by atoms with E-state index in [-0.39, 0.29) is 17.3 Å². The van der Waals surface area contributed by atoms with Crippen molar-refractivity contribution in [2.45, 2.75) is 0 Å². The highest BCUT2D eigenvalue weighted by Gasteiger charge is 2.21. The van der Waals surface area contributed by atoms with Crippen molar-refractivity contribution in [3.05, 3.63) is 44.6 Å². The van der Waals surface area contributed by atoms with Crippen LogP contribution in [-0.4, -0.2) is 21.9 Å². The number of nitrogens with one attached hydrogen (secondary N) is 1. The van der Waals surface area contributed by atoms with Crippen molar-refractivity contribution in [3.63, 3.8) is 0 Å². The van der Waals surface area contributed by atoms with Crippen LogP contribution in [0, 0.1) is 10.1 Å². The lowest BCUT2D eigenvalue weighted by Crippen LogP contribution is -2.01. The van der Waals surface area contributed by atoms with E-state index in [1.54, 1.807) is 19.2 Å². The molecule has 1 N–H and O–H groups in total. The average Bonchev–Trinajstić information content (AvgIpc) is 2.40. The molecule has 1 aromatic carbocycles. The maximum atomic E-state index is 11.0. The fourth-order valence-electron chi connectivity index (χ4n) is 1.51. The minimum absolute atomic E-state index is 0.122. The second-order valence-electron chi connectivity index (χ2n) is 3.56. The summed E-state index contributed by atoms with van der Waals surface area (Å²) in [7, 11) is 1.62. The first-order valence-electron chi connectivity index (χ1n) is 5.17. The highest BCUT2D eigenvalue weighted by Crippen LogP contribution is 2.34. The van der Waals surface area contributed by atoms with Gasteiger partial charge in [0.1, 0.15) is 6.20 Å². The molecule has 0 spiro atoms. The molecule has 0 saturated heterocycles. The zero-order valence-electron chi connectivity index (χ0n) is 9.72. The minimum atomic E-state index is -0.563. The van der Waals surface area contributed by atoms with Gasteiger partial charge in [0.2, 0.25) is 5.95 Å². The smallest absolute Gasteiger partial charge is 0.313 e. The first-order valence-corrected chi connectivity index (χ1v) is 5.93. The third-order valence-corrected chi connectivity index (χ3v) is 2.94. The van der Waals surface area contributed by atoms with Gasteiger partial charge in [-0.15, -0.1) is 0 Å². The molecule has 0 aliphatic heterocycles. The molecule has 1 heterocycles. The summed E-state index contributed by atoms with van der Waals surface area (Å²) < 4.78 is 0. The van der Waals surface area contributed by atoms with Crippen molar-refractivity contribution in [2.75, 3.05) is 12.4 Å². The molecular formula is C11H8Cl2N4O2. The van der Waals surface area contributed by atoms with Gasteiger partial charge in [-0.1, -0.05) is 23.2 Å². The summed E-state index contributed by atoms with van der Waals surface area (Å²) in [6.45, 7) is 0. The molecule has 2 aromatic rings. The van der Waals surface area contributed by atoms with Gasteiger partial charge in [-0.2, -0.15) is 0 Å². The Bertz CT molecular complexity index is 649. The number of halogens is 2. The largest absolute Gasteiger partial charge is 0.357 e. The van der Waals surface area contributed by atoms with Gasteiger partial charge in [-0.3, -0.25) is 10.1 Å². The van der Waals surface area contributed by atoms with Crippen molar-refractivity contribution in [2.24, 2.45) is 0 Å². The summed E-state index contributed by atoms with van der Waals surface area (Å²) in [5.41, 5.74) is 0.278. The van der Waals surface area contributed by atoms with E-state index in [1.807, 2.05) is 0 Å². The van der Waals surface area contributed by atoms with Gasteiger partial charge in [0.15, 0.2) is 5.69 Å². The number of nitro groups is 1. The molecule has 6 nitrogen and oxygen atoms in total. The normalized spacial score (nSPS) is 10.3. The molecule has 0 bridgehead atoms. The van der Waals surface area contributed by atoms with Gasteiger partial charge >= 0.3 is 5.69 Å². The summed E-state index contributed by atoms with van der Waals surface area (Å²) in [6, 6.07) is 4.68. The number of hydrogen-bond donors (Lipinski definition) is 1. The van der Waals surface area contributed by atoms with Gasteiger partial charge in [-0.05, 0) is 18.2 Å². The Morgan fingerprint density at radius 3 is 2.74 bits per heavy atom. The molecule has 0 amide bonds. The third kappa shape index (κ3) is 2.74. The summed E-state index contributed by atoms with van der Waals surface area (Å²) >= 11 is 11.9. The van der Waals surface area contributed by atoms with E-state index in [0.717, 1.165) is 6.20 Å². The van der Waals surface area contributed by atoms with Crippen molar-refractivity contribution < 1.29 is 4.92 Å². The van der Waals surface area contributed by atoms with Crippen LogP contribution >= 0.6 is 23.2 Å². The van der Waals surface area contributed by atoms with Crippen LogP contribution in [0.25, 0.3) is 11.3 Å². The van der Waals surface area contributed by atoms with Gasteiger partial charge in [0, 0.05) is 17.6 Å². The van der Waals surface area contributed by atoms with Crippen molar-refractivity contribution >= 4 is 34.8 Å². The number of aromatic nitrogens is 2. The Kier molecular flexibility index (Phi) is 3.82. The first kappa shape index (κ1) is 13.5. The zero-order chi connectivity index (χ0) is 14.0. The third-order valence-electron chi connectivity index (χ3n) is 2.37. The number of rotatable bonds is 3. The van der Waals surface area contributed by atoms with E-state index in [1.165, 1.54) is 6.07 Å². The quantitative estimate of drug-likeness (QED) is 0.694. The Morgan fingerprint density at radius 1 is 1.37 bits per heavy atom. The van der Waals surface area contributed by atoms with E-state index in [2.05, 4.69) is 15.3 Å². The predicted molar refractivity (Wildman–Crippen MR) is 73.7 cm³/mol. The Hall–Kier alpha value is -1.92. The molecular weight excluding hydrogens is 291 g/mol. The lowest BCUT2D eigenvalue weighted by Gasteiger charge is -2.06. The summed E-state index contributed by atoms with van der Waals surface area (Å²) in [6.07, 6.45) is 1.13. The second-order valence-corrected chi connectivity index (χ2v) is 4.40. The van der Waals surface area contributed by atoms with Crippen LogP contribution in [0.2, 0.25) is 10.0 Å². The van der Waals surface area contributed by atoms with Crippen molar-refractivity contribution in [3.8, 4) is 11.3 Å². The molecule has 8 heteroatoms. The van der Waals surface area contributed by atoms with Crippen LogP contribution in [-0.2, 0) is 0 Å². The SMILES string of the molecule is CNc1ncc([N+](=O)[O-])c(-c2cc(Cl)ccc2Cl)n1.